The molecule has 0 saturated carbocycles. The zero-order chi connectivity index (χ0) is 28.6. The van der Waals surface area contributed by atoms with E-state index in [2.05, 4.69) is 102 Å². The highest BCUT2D eigenvalue weighted by Gasteiger charge is 2.14. The number of hydrogen-bond donors (Lipinski definition) is 2. The van der Waals surface area contributed by atoms with Gasteiger partial charge in [0, 0.05) is 28.8 Å². The molecule has 204 valence electrons. The average molecular weight is 799 g/mol. The Kier molecular flexibility index (Phi) is 12.0. The Morgan fingerprint density at radius 2 is 1.02 bits per heavy atom. The highest BCUT2D eigenvalue weighted by molar-refractivity contribution is 9.11. The fourth-order valence-corrected chi connectivity index (χ4v) is 7.57. The number of benzene rings is 4. The van der Waals surface area contributed by atoms with Crippen molar-refractivity contribution in [1.29, 1.82) is 0 Å². The first-order valence-corrected chi connectivity index (χ1v) is 17.7. The molecular formula is C26H20BBr3N4O2S4. The van der Waals surface area contributed by atoms with Crippen LogP contribution < -0.4 is 5.46 Å². The maximum atomic E-state index is 8.88. The standard InChI is InChI=1S/C13H9BrN2S2.C7H9BO2S.C6H2Br2N2S/c1-17-11-5-3-2-4-8(11)9-6-7-10(14)13-12(9)15-18-16-13;1-11-7-5-3-2-4-6(7)8(9)10;7-3-1-2-4(8)6-5(3)9-11-10-6/h2-7H,1H3;2-5,9-10H,1H3;1-2H. The molecule has 2 aromatic heterocycles. The largest absolute Gasteiger partial charge is 0.489 e. The van der Waals surface area contributed by atoms with Crippen molar-refractivity contribution in [3.05, 3.63) is 86.2 Å². The van der Waals surface area contributed by atoms with Gasteiger partial charge in [-0.3, -0.25) is 0 Å². The molecule has 6 nitrogen and oxygen atoms in total. The van der Waals surface area contributed by atoms with E-state index in [9.17, 15) is 0 Å². The van der Waals surface area contributed by atoms with Crippen molar-refractivity contribution in [2.24, 2.45) is 0 Å². The second-order valence-corrected chi connectivity index (χ2v) is 13.2. The Hall–Kier alpha value is -1.36. The van der Waals surface area contributed by atoms with Gasteiger partial charge in [0.05, 0.1) is 23.5 Å². The van der Waals surface area contributed by atoms with E-state index in [0.29, 0.717) is 5.46 Å². The highest BCUT2D eigenvalue weighted by atomic mass is 79.9. The Morgan fingerprint density at radius 1 is 0.575 bits per heavy atom. The lowest BCUT2D eigenvalue weighted by Crippen LogP contribution is -2.31. The van der Waals surface area contributed by atoms with Gasteiger partial charge in [-0.05, 0) is 102 Å². The lowest BCUT2D eigenvalue weighted by molar-refractivity contribution is 0.425. The van der Waals surface area contributed by atoms with Gasteiger partial charge in [-0.15, -0.1) is 23.5 Å². The zero-order valence-corrected chi connectivity index (χ0v) is 29.0. The molecule has 2 heterocycles. The van der Waals surface area contributed by atoms with E-state index in [0.717, 1.165) is 45.9 Å². The van der Waals surface area contributed by atoms with Gasteiger partial charge in [0.1, 0.15) is 22.1 Å². The molecule has 0 aliphatic carbocycles. The van der Waals surface area contributed by atoms with E-state index >= 15 is 0 Å². The SMILES string of the molecule is Brc1ccc(Br)c2nsnc12.CSc1ccccc1-c1ccc(Br)c2nsnc12.CSc1ccccc1B(O)O. The molecule has 40 heavy (non-hydrogen) atoms. The predicted molar refractivity (Wildman–Crippen MR) is 183 cm³/mol. The molecule has 6 aromatic rings. The summed E-state index contributed by atoms with van der Waals surface area (Å²) in [6.45, 7) is 0. The Balaban J connectivity index is 0.000000146. The van der Waals surface area contributed by atoms with Crippen molar-refractivity contribution in [1.82, 2.24) is 17.5 Å². The molecule has 0 amide bonds. The number of fused-ring (bicyclic) bond motifs is 2. The lowest BCUT2D eigenvalue weighted by atomic mass is 9.80. The molecule has 2 N–H and O–H groups in total. The first kappa shape index (κ1) is 31.6. The van der Waals surface area contributed by atoms with Crippen LogP contribution in [-0.4, -0.2) is 47.2 Å². The maximum absolute atomic E-state index is 8.88. The molecule has 4 aromatic carbocycles. The third kappa shape index (κ3) is 7.53. The summed E-state index contributed by atoms with van der Waals surface area (Å²) in [7, 11) is -1.36. The first-order valence-electron chi connectivity index (χ1n) is 11.4. The molecule has 14 heteroatoms. The van der Waals surface area contributed by atoms with Crippen LogP contribution in [0.5, 0.6) is 0 Å². The van der Waals surface area contributed by atoms with E-state index in [4.69, 9.17) is 10.0 Å². The van der Waals surface area contributed by atoms with E-state index in [1.165, 1.54) is 45.7 Å². The number of nitrogens with zero attached hydrogens (tertiary/aromatic N) is 4. The van der Waals surface area contributed by atoms with Crippen molar-refractivity contribution < 1.29 is 10.0 Å². The van der Waals surface area contributed by atoms with Gasteiger partial charge in [-0.1, -0.05) is 42.5 Å². The van der Waals surface area contributed by atoms with E-state index in [1.54, 1.807) is 23.9 Å². The molecule has 0 unspecified atom stereocenters. The fourth-order valence-electron chi connectivity index (χ4n) is 3.61. The average Bonchev–Trinajstić information content (AvgIpc) is 3.68. The van der Waals surface area contributed by atoms with Gasteiger partial charge in [0.25, 0.3) is 0 Å². The summed E-state index contributed by atoms with van der Waals surface area (Å²) in [5.41, 5.74) is 6.68. The van der Waals surface area contributed by atoms with E-state index in [-0.39, 0.29) is 0 Å². The summed E-state index contributed by atoms with van der Waals surface area (Å²) in [5.74, 6) is 0. The zero-order valence-electron chi connectivity index (χ0n) is 21.0. The normalized spacial score (nSPS) is 10.6. The molecule has 0 atom stereocenters. The second-order valence-electron chi connectivity index (χ2n) is 7.86. The van der Waals surface area contributed by atoms with Crippen molar-refractivity contribution in [3.63, 3.8) is 0 Å². The van der Waals surface area contributed by atoms with Crippen LogP contribution in [0.25, 0.3) is 33.2 Å². The number of halogens is 3. The van der Waals surface area contributed by atoms with Gasteiger partial charge >= 0.3 is 7.12 Å². The highest BCUT2D eigenvalue weighted by Crippen LogP contribution is 2.36. The predicted octanol–water partition coefficient (Wildman–Crippen LogP) is 8.15. The van der Waals surface area contributed by atoms with Crippen LogP contribution in [-0.2, 0) is 0 Å². The molecule has 0 aliphatic heterocycles. The van der Waals surface area contributed by atoms with Crippen molar-refractivity contribution in [3.8, 4) is 11.1 Å². The van der Waals surface area contributed by atoms with Gasteiger partial charge in [-0.25, -0.2) is 0 Å². The number of rotatable bonds is 4. The number of aromatic nitrogens is 4. The lowest BCUT2D eigenvalue weighted by Gasteiger charge is -2.08. The summed E-state index contributed by atoms with van der Waals surface area (Å²) < 4.78 is 20.0. The van der Waals surface area contributed by atoms with Gasteiger partial charge in [0.15, 0.2) is 0 Å². The maximum Gasteiger partial charge on any atom is 0.489 e. The van der Waals surface area contributed by atoms with Gasteiger partial charge < -0.3 is 10.0 Å². The third-order valence-corrected chi connectivity index (χ3v) is 10.1. The first-order chi connectivity index (χ1) is 19.3. The molecule has 0 fully saturated rings. The summed E-state index contributed by atoms with van der Waals surface area (Å²) in [5, 5.41) is 17.8. The summed E-state index contributed by atoms with van der Waals surface area (Å²) in [6, 6.07) is 23.7. The number of hydrogen-bond acceptors (Lipinski definition) is 10. The molecule has 0 radical (unpaired) electrons. The van der Waals surface area contributed by atoms with Crippen LogP contribution >= 0.6 is 94.8 Å². The molecule has 6 rings (SSSR count). The van der Waals surface area contributed by atoms with E-state index in [1.807, 2.05) is 36.6 Å². The van der Waals surface area contributed by atoms with Crippen LogP contribution in [0.15, 0.2) is 96.0 Å². The second kappa shape index (κ2) is 15.2. The minimum absolute atomic E-state index is 0.569. The Labute approximate surface area is 274 Å². The summed E-state index contributed by atoms with van der Waals surface area (Å²) in [6.07, 6.45) is 4.00. The Morgan fingerprint density at radius 3 is 1.55 bits per heavy atom. The Bertz CT molecular complexity index is 1700. The van der Waals surface area contributed by atoms with Crippen LogP contribution in [0.3, 0.4) is 0 Å². The molecule has 0 bridgehead atoms. The summed E-state index contributed by atoms with van der Waals surface area (Å²) in [4.78, 5) is 2.16. The fraction of sp³-hybridized carbons (Fsp3) is 0.0769. The monoisotopic (exact) mass is 796 g/mol. The number of thioether (sulfide) groups is 2. The molecule has 0 spiro atoms. The molecular weight excluding hydrogens is 779 g/mol. The van der Waals surface area contributed by atoms with Crippen molar-refractivity contribution in [2.75, 3.05) is 12.5 Å². The minimum atomic E-state index is -1.36. The smallest absolute Gasteiger partial charge is 0.423 e. The summed E-state index contributed by atoms with van der Waals surface area (Å²) >= 11 is 16.0. The van der Waals surface area contributed by atoms with Crippen LogP contribution in [0.1, 0.15) is 0 Å². The van der Waals surface area contributed by atoms with Gasteiger partial charge in [-0.2, -0.15) is 17.5 Å². The van der Waals surface area contributed by atoms with Crippen LogP contribution in [0.2, 0.25) is 0 Å². The van der Waals surface area contributed by atoms with Gasteiger partial charge in [0.2, 0.25) is 0 Å². The minimum Gasteiger partial charge on any atom is -0.423 e. The molecule has 0 aliphatic rings. The topological polar surface area (TPSA) is 92.0 Å². The van der Waals surface area contributed by atoms with E-state index < -0.39 is 7.12 Å². The van der Waals surface area contributed by atoms with Crippen LogP contribution in [0.4, 0.5) is 0 Å². The quantitative estimate of drug-likeness (QED) is 0.137. The van der Waals surface area contributed by atoms with Crippen LogP contribution in [0, 0.1) is 0 Å². The van der Waals surface area contributed by atoms with Crippen molar-refractivity contribution >= 4 is 129 Å². The third-order valence-electron chi connectivity index (χ3n) is 5.50. The van der Waals surface area contributed by atoms with Crippen molar-refractivity contribution in [2.45, 2.75) is 9.79 Å². The molecule has 0 saturated heterocycles.